The monoisotopic (exact) mass is 156 g/mol. The molecule has 0 amide bonds. The molecule has 0 aromatic carbocycles. The van der Waals surface area contributed by atoms with Crippen molar-refractivity contribution in [1.29, 1.82) is 0 Å². The van der Waals surface area contributed by atoms with E-state index < -0.39 is 0 Å². The molecule has 0 unspecified atom stereocenters. The molecule has 3 N–H and O–H groups in total. The van der Waals surface area contributed by atoms with Gasteiger partial charge >= 0.3 is 0 Å². The van der Waals surface area contributed by atoms with Gasteiger partial charge in [-0.3, -0.25) is 11.3 Å². The number of hydrazine groups is 1. The molecule has 0 radical (unpaired) electrons. The highest BCUT2D eigenvalue weighted by Gasteiger charge is 2.03. The average molecular weight is 156 g/mol. The molecule has 0 bridgehead atoms. The van der Waals surface area contributed by atoms with E-state index in [1.165, 1.54) is 9.75 Å². The van der Waals surface area contributed by atoms with E-state index in [9.17, 15) is 0 Å². The molecule has 10 heavy (non-hydrogen) atoms. The van der Waals surface area contributed by atoms with Crippen LogP contribution in [0.4, 0.5) is 0 Å². The van der Waals surface area contributed by atoms with Gasteiger partial charge in [0.2, 0.25) is 0 Å². The Morgan fingerprint density at radius 3 is 2.70 bits per heavy atom. The molecule has 0 saturated carbocycles. The molecule has 0 aliphatic rings. The van der Waals surface area contributed by atoms with Gasteiger partial charge in [0.1, 0.15) is 0 Å². The standard InChI is InChI=1S/C7H12N2S/c1-5-3-4-7(10-5)6(2)9-8/h3-4,6,9H,8H2,1-2H3/t6-/m0/s1. The molecular formula is C7H12N2S. The second-order valence-electron chi connectivity index (χ2n) is 2.34. The van der Waals surface area contributed by atoms with E-state index in [0.717, 1.165) is 0 Å². The Kier molecular flexibility index (Phi) is 2.43. The molecule has 2 nitrogen and oxygen atoms in total. The van der Waals surface area contributed by atoms with Gasteiger partial charge in [0, 0.05) is 9.75 Å². The van der Waals surface area contributed by atoms with Gasteiger partial charge in [-0.2, -0.15) is 0 Å². The summed E-state index contributed by atoms with van der Waals surface area (Å²) < 4.78 is 0. The lowest BCUT2D eigenvalue weighted by Crippen LogP contribution is -2.24. The molecule has 0 saturated heterocycles. The zero-order valence-electron chi connectivity index (χ0n) is 6.22. The first-order valence-electron chi connectivity index (χ1n) is 3.26. The third-order valence-corrected chi connectivity index (χ3v) is 2.62. The van der Waals surface area contributed by atoms with Crippen molar-refractivity contribution in [2.45, 2.75) is 19.9 Å². The van der Waals surface area contributed by atoms with Crippen LogP contribution in [0.2, 0.25) is 0 Å². The first-order valence-corrected chi connectivity index (χ1v) is 4.08. The number of rotatable bonds is 2. The van der Waals surface area contributed by atoms with Crippen LogP contribution < -0.4 is 11.3 Å². The maximum atomic E-state index is 5.27. The van der Waals surface area contributed by atoms with E-state index in [2.05, 4.69) is 24.5 Å². The van der Waals surface area contributed by atoms with Gasteiger partial charge < -0.3 is 0 Å². The highest BCUT2D eigenvalue weighted by molar-refractivity contribution is 7.12. The lowest BCUT2D eigenvalue weighted by atomic mass is 10.3. The molecule has 1 aromatic rings. The van der Waals surface area contributed by atoms with Crippen molar-refractivity contribution in [3.63, 3.8) is 0 Å². The number of nitrogens with one attached hydrogen (secondary N) is 1. The zero-order chi connectivity index (χ0) is 7.56. The number of nitrogens with two attached hydrogens (primary N) is 1. The fraction of sp³-hybridized carbons (Fsp3) is 0.429. The number of hydrogen-bond acceptors (Lipinski definition) is 3. The number of aryl methyl sites for hydroxylation is 1. The summed E-state index contributed by atoms with van der Waals surface area (Å²) in [6.45, 7) is 4.14. The van der Waals surface area contributed by atoms with E-state index in [-0.39, 0.29) is 6.04 Å². The Morgan fingerprint density at radius 2 is 2.30 bits per heavy atom. The third kappa shape index (κ3) is 1.56. The molecule has 1 atom stereocenters. The Hall–Kier alpha value is -0.380. The predicted octanol–water partition coefficient (Wildman–Crippen LogP) is 1.58. The van der Waals surface area contributed by atoms with Crippen LogP contribution >= 0.6 is 11.3 Å². The molecular weight excluding hydrogens is 144 g/mol. The van der Waals surface area contributed by atoms with Gasteiger partial charge in [0.25, 0.3) is 0 Å². The minimum atomic E-state index is 0.277. The highest BCUT2D eigenvalue weighted by atomic mass is 32.1. The SMILES string of the molecule is Cc1ccc([C@H](C)NN)s1. The van der Waals surface area contributed by atoms with Crippen LogP contribution in [0.3, 0.4) is 0 Å². The van der Waals surface area contributed by atoms with E-state index >= 15 is 0 Å². The Balaban J connectivity index is 2.74. The van der Waals surface area contributed by atoms with Crippen LogP contribution in [0.1, 0.15) is 22.7 Å². The molecule has 0 aliphatic carbocycles. The maximum absolute atomic E-state index is 5.27. The normalized spacial score (nSPS) is 13.5. The fourth-order valence-corrected chi connectivity index (χ4v) is 1.66. The lowest BCUT2D eigenvalue weighted by Gasteiger charge is -2.04. The smallest absolute Gasteiger partial charge is 0.0525 e. The quantitative estimate of drug-likeness (QED) is 0.504. The lowest BCUT2D eigenvalue weighted by molar-refractivity contribution is 0.612. The van der Waals surface area contributed by atoms with Gasteiger partial charge in [0.05, 0.1) is 6.04 Å². The predicted molar refractivity (Wildman–Crippen MR) is 44.8 cm³/mol. The van der Waals surface area contributed by atoms with Crippen LogP contribution in [0.15, 0.2) is 12.1 Å². The van der Waals surface area contributed by atoms with E-state index in [4.69, 9.17) is 5.84 Å². The third-order valence-electron chi connectivity index (χ3n) is 1.44. The van der Waals surface area contributed by atoms with Crippen molar-refractivity contribution in [3.05, 3.63) is 21.9 Å². The van der Waals surface area contributed by atoms with Crippen LogP contribution in [0, 0.1) is 6.92 Å². The largest absolute Gasteiger partial charge is 0.271 e. The van der Waals surface area contributed by atoms with Gasteiger partial charge in [0.15, 0.2) is 0 Å². The van der Waals surface area contributed by atoms with Crippen molar-refractivity contribution in [2.24, 2.45) is 5.84 Å². The minimum Gasteiger partial charge on any atom is -0.271 e. The number of thiophene rings is 1. The van der Waals surface area contributed by atoms with Gasteiger partial charge in [-0.05, 0) is 26.0 Å². The van der Waals surface area contributed by atoms with Gasteiger partial charge in [-0.25, -0.2) is 0 Å². The second-order valence-corrected chi connectivity index (χ2v) is 3.66. The molecule has 1 heterocycles. The van der Waals surface area contributed by atoms with Gasteiger partial charge in [-0.15, -0.1) is 11.3 Å². The summed E-state index contributed by atoms with van der Waals surface area (Å²) in [7, 11) is 0. The van der Waals surface area contributed by atoms with E-state index in [1.807, 2.05) is 6.92 Å². The summed E-state index contributed by atoms with van der Waals surface area (Å²) in [5, 5.41) is 0. The van der Waals surface area contributed by atoms with Crippen LogP contribution in [-0.4, -0.2) is 0 Å². The molecule has 0 fully saturated rings. The van der Waals surface area contributed by atoms with Gasteiger partial charge in [-0.1, -0.05) is 0 Å². The first kappa shape index (κ1) is 7.72. The van der Waals surface area contributed by atoms with E-state index in [0.29, 0.717) is 0 Å². The maximum Gasteiger partial charge on any atom is 0.0525 e. The Morgan fingerprint density at radius 1 is 1.60 bits per heavy atom. The summed E-state index contributed by atoms with van der Waals surface area (Å²) in [6, 6.07) is 4.48. The first-order chi connectivity index (χ1) is 4.74. The summed E-state index contributed by atoms with van der Waals surface area (Å²) in [4.78, 5) is 2.62. The van der Waals surface area contributed by atoms with Crippen LogP contribution in [0.5, 0.6) is 0 Å². The topological polar surface area (TPSA) is 38.0 Å². The zero-order valence-corrected chi connectivity index (χ0v) is 7.03. The van der Waals surface area contributed by atoms with Crippen molar-refractivity contribution in [2.75, 3.05) is 0 Å². The van der Waals surface area contributed by atoms with Crippen molar-refractivity contribution in [3.8, 4) is 0 Å². The molecule has 56 valence electrons. The molecule has 0 aliphatic heterocycles. The summed E-state index contributed by atoms with van der Waals surface area (Å²) in [5.74, 6) is 5.27. The minimum absolute atomic E-state index is 0.277. The molecule has 3 heteroatoms. The fourth-order valence-electron chi connectivity index (χ4n) is 0.768. The van der Waals surface area contributed by atoms with Crippen LogP contribution in [0.25, 0.3) is 0 Å². The molecule has 1 rings (SSSR count). The highest BCUT2D eigenvalue weighted by Crippen LogP contribution is 2.21. The Labute approximate surface area is 65.0 Å². The van der Waals surface area contributed by atoms with Crippen molar-refractivity contribution in [1.82, 2.24) is 5.43 Å². The molecule has 1 aromatic heterocycles. The van der Waals surface area contributed by atoms with Crippen molar-refractivity contribution < 1.29 is 0 Å². The summed E-state index contributed by atoms with van der Waals surface area (Å²) in [6.07, 6.45) is 0. The van der Waals surface area contributed by atoms with E-state index in [1.54, 1.807) is 11.3 Å². The van der Waals surface area contributed by atoms with Crippen LogP contribution in [-0.2, 0) is 0 Å². The molecule has 0 spiro atoms. The summed E-state index contributed by atoms with van der Waals surface area (Å²) in [5.41, 5.74) is 2.70. The summed E-state index contributed by atoms with van der Waals surface area (Å²) >= 11 is 1.78. The number of hydrogen-bond donors (Lipinski definition) is 2. The second kappa shape index (κ2) is 3.14. The average Bonchev–Trinajstić information content (AvgIpc) is 2.34. The Bertz CT molecular complexity index is 207. The van der Waals surface area contributed by atoms with Crippen molar-refractivity contribution >= 4 is 11.3 Å².